The molecular weight excluding hydrogens is 202 g/mol. The second kappa shape index (κ2) is 4.45. The molecule has 1 aromatic rings. The minimum absolute atomic E-state index is 0.0776. The summed E-state index contributed by atoms with van der Waals surface area (Å²) in [4.78, 5) is 10.6. The molecule has 0 radical (unpaired) electrons. The summed E-state index contributed by atoms with van der Waals surface area (Å²) in [6.45, 7) is 3.96. The zero-order valence-electron chi connectivity index (χ0n) is 8.39. The van der Waals surface area contributed by atoms with Crippen LogP contribution in [0.5, 0.6) is 0 Å². The van der Waals surface area contributed by atoms with E-state index in [2.05, 4.69) is 10.2 Å². The Labute approximate surface area is 86.5 Å². The molecule has 1 aromatic heterocycles. The Morgan fingerprint density at radius 2 is 2.21 bits per heavy atom. The van der Waals surface area contributed by atoms with Crippen molar-refractivity contribution in [3.8, 4) is 0 Å². The molecule has 0 saturated heterocycles. The normalized spacial score (nSPS) is 10.9. The molecule has 0 aliphatic rings. The van der Waals surface area contributed by atoms with E-state index in [1.165, 1.54) is 11.8 Å². The lowest BCUT2D eigenvalue weighted by Crippen LogP contribution is -2.11. The number of aromatic nitrogens is 3. The predicted molar refractivity (Wildman–Crippen MR) is 53.5 cm³/mol. The monoisotopic (exact) mass is 215 g/mol. The van der Waals surface area contributed by atoms with Crippen molar-refractivity contribution >= 4 is 17.7 Å². The summed E-state index contributed by atoms with van der Waals surface area (Å²) in [6.07, 6.45) is 1.82. The van der Waals surface area contributed by atoms with Gasteiger partial charge in [0.05, 0.1) is 0 Å². The second-order valence-electron chi connectivity index (χ2n) is 3.14. The van der Waals surface area contributed by atoms with Gasteiger partial charge >= 0.3 is 5.97 Å². The summed E-state index contributed by atoms with van der Waals surface area (Å²) in [5.41, 5.74) is 0. The van der Waals surface area contributed by atoms with Crippen LogP contribution >= 0.6 is 11.8 Å². The molecule has 0 saturated carbocycles. The molecule has 0 spiro atoms. The highest BCUT2D eigenvalue weighted by Gasteiger charge is 2.15. The third-order valence-corrected chi connectivity index (χ3v) is 2.39. The van der Waals surface area contributed by atoms with Crippen LogP contribution in [0.4, 0.5) is 0 Å². The molecule has 0 amide bonds. The predicted octanol–water partition coefficient (Wildman–Crippen LogP) is 1.21. The molecule has 1 heterocycles. The number of nitrogens with zero attached hydrogens (tertiary/aromatic N) is 3. The van der Waals surface area contributed by atoms with E-state index >= 15 is 0 Å². The van der Waals surface area contributed by atoms with Crippen LogP contribution in [0.15, 0.2) is 5.16 Å². The third kappa shape index (κ3) is 2.25. The van der Waals surface area contributed by atoms with Gasteiger partial charge in [-0.05, 0) is 20.1 Å². The first-order valence-corrected chi connectivity index (χ1v) is 5.48. The zero-order chi connectivity index (χ0) is 10.7. The Hall–Kier alpha value is -1.04. The van der Waals surface area contributed by atoms with Gasteiger partial charge in [0, 0.05) is 6.04 Å². The number of carboxylic acid groups (broad SMARTS) is 1. The van der Waals surface area contributed by atoms with Crippen molar-refractivity contribution in [3.05, 3.63) is 5.82 Å². The average Bonchev–Trinajstić information content (AvgIpc) is 2.46. The smallest absolute Gasteiger partial charge is 0.311 e. The van der Waals surface area contributed by atoms with Gasteiger partial charge in [0.1, 0.15) is 12.2 Å². The van der Waals surface area contributed by atoms with Gasteiger partial charge < -0.3 is 9.67 Å². The van der Waals surface area contributed by atoms with Crippen LogP contribution in [0.3, 0.4) is 0 Å². The Kier molecular flexibility index (Phi) is 3.51. The Bertz CT molecular complexity index is 335. The number of hydrogen-bond donors (Lipinski definition) is 1. The van der Waals surface area contributed by atoms with Crippen LogP contribution in [0, 0.1) is 0 Å². The molecule has 0 atom stereocenters. The van der Waals surface area contributed by atoms with Gasteiger partial charge in [-0.2, -0.15) is 0 Å². The van der Waals surface area contributed by atoms with E-state index < -0.39 is 5.97 Å². The number of carbonyl (C=O) groups is 1. The minimum atomic E-state index is -0.882. The number of hydrogen-bond acceptors (Lipinski definition) is 4. The van der Waals surface area contributed by atoms with Crippen molar-refractivity contribution in [1.82, 2.24) is 14.8 Å². The summed E-state index contributed by atoms with van der Waals surface area (Å²) < 4.78 is 1.85. The maximum Gasteiger partial charge on any atom is 0.311 e. The molecule has 78 valence electrons. The molecule has 0 bridgehead atoms. The van der Waals surface area contributed by atoms with Crippen LogP contribution in [0.2, 0.25) is 0 Å². The van der Waals surface area contributed by atoms with Crippen LogP contribution in [-0.2, 0) is 11.2 Å². The van der Waals surface area contributed by atoms with E-state index in [4.69, 9.17) is 5.11 Å². The molecule has 0 aliphatic carbocycles. The molecule has 14 heavy (non-hydrogen) atoms. The van der Waals surface area contributed by atoms with E-state index in [0.717, 1.165) is 5.16 Å². The van der Waals surface area contributed by atoms with E-state index in [9.17, 15) is 4.79 Å². The highest BCUT2D eigenvalue weighted by atomic mass is 32.2. The van der Waals surface area contributed by atoms with E-state index in [0.29, 0.717) is 5.82 Å². The summed E-state index contributed by atoms with van der Waals surface area (Å²) in [6, 6.07) is 0.182. The number of rotatable bonds is 4. The van der Waals surface area contributed by atoms with Crippen molar-refractivity contribution in [3.63, 3.8) is 0 Å². The van der Waals surface area contributed by atoms with Crippen molar-refractivity contribution in [2.24, 2.45) is 0 Å². The summed E-state index contributed by atoms with van der Waals surface area (Å²) in [5, 5.41) is 17.2. The van der Waals surface area contributed by atoms with Crippen molar-refractivity contribution < 1.29 is 9.90 Å². The molecule has 0 fully saturated rings. The highest BCUT2D eigenvalue weighted by Crippen LogP contribution is 2.19. The largest absolute Gasteiger partial charge is 0.481 e. The zero-order valence-corrected chi connectivity index (χ0v) is 9.21. The first-order chi connectivity index (χ1) is 6.56. The van der Waals surface area contributed by atoms with Crippen molar-refractivity contribution in [2.45, 2.75) is 31.5 Å². The van der Waals surface area contributed by atoms with Gasteiger partial charge in [0.15, 0.2) is 5.16 Å². The Morgan fingerprint density at radius 3 is 2.64 bits per heavy atom. The molecule has 6 heteroatoms. The highest BCUT2D eigenvalue weighted by molar-refractivity contribution is 7.98. The fourth-order valence-electron chi connectivity index (χ4n) is 1.22. The molecule has 1 rings (SSSR count). The van der Waals surface area contributed by atoms with Gasteiger partial charge in [-0.3, -0.25) is 4.79 Å². The lowest BCUT2D eigenvalue weighted by atomic mass is 10.3. The molecular formula is C8H13N3O2S. The maximum absolute atomic E-state index is 10.6. The second-order valence-corrected chi connectivity index (χ2v) is 3.91. The first-order valence-electron chi connectivity index (χ1n) is 4.25. The number of carboxylic acids is 1. The Balaban J connectivity index is 3.04. The van der Waals surface area contributed by atoms with E-state index in [1.54, 1.807) is 0 Å². The van der Waals surface area contributed by atoms with Crippen LogP contribution in [0.1, 0.15) is 25.7 Å². The lowest BCUT2D eigenvalue weighted by molar-refractivity contribution is -0.136. The summed E-state index contributed by atoms with van der Waals surface area (Å²) in [5.74, 6) is -0.371. The SMILES string of the molecule is CSc1nnc(CC(=O)O)n1C(C)C. The van der Waals surface area contributed by atoms with Crippen molar-refractivity contribution in [2.75, 3.05) is 6.26 Å². The maximum atomic E-state index is 10.6. The molecule has 0 unspecified atom stereocenters. The average molecular weight is 215 g/mol. The minimum Gasteiger partial charge on any atom is -0.481 e. The summed E-state index contributed by atoms with van der Waals surface area (Å²) in [7, 11) is 0. The van der Waals surface area contributed by atoms with Gasteiger partial charge in [0.25, 0.3) is 0 Å². The number of thioether (sulfide) groups is 1. The first kappa shape index (κ1) is 11.0. The lowest BCUT2D eigenvalue weighted by Gasteiger charge is -2.11. The van der Waals surface area contributed by atoms with Crippen LogP contribution < -0.4 is 0 Å². The van der Waals surface area contributed by atoms with E-state index in [1.807, 2.05) is 24.7 Å². The van der Waals surface area contributed by atoms with Gasteiger partial charge in [-0.25, -0.2) is 0 Å². The summed E-state index contributed by atoms with van der Waals surface area (Å²) >= 11 is 1.47. The molecule has 5 nitrogen and oxygen atoms in total. The Morgan fingerprint density at radius 1 is 1.57 bits per heavy atom. The molecule has 1 N–H and O–H groups in total. The topological polar surface area (TPSA) is 68.0 Å². The van der Waals surface area contributed by atoms with Gasteiger partial charge in [-0.15, -0.1) is 10.2 Å². The van der Waals surface area contributed by atoms with Crippen molar-refractivity contribution in [1.29, 1.82) is 0 Å². The van der Waals surface area contributed by atoms with Gasteiger partial charge in [0.2, 0.25) is 0 Å². The molecule has 0 aromatic carbocycles. The standard InChI is InChI=1S/C8H13N3O2S/c1-5(2)11-6(4-7(12)13)9-10-8(11)14-3/h5H,4H2,1-3H3,(H,12,13). The van der Waals surface area contributed by atoms with Crippen LogP contribution in [0.25, 0.3) is 0 Å². The number of aliphatic carboxylic acids is 1. The van der Waals surface area contributed by atoms with Gasteiger partial charge in [-0.1, -0.05) is 11.8 Å². The fraction of sp³-hybridized carbons (Fsp3) is 0.625. The quantitative estimate of drug-likeness (QED) is 0.764. The molecule has 0 aliphatic heterocycles. The fourth-order valence-corrected chi connectivity index (χ4v) is 1.86. The third-order valence-electron chi connectivity index (χ3n) is 1.74. The van der Waals surface area contributed by atoms with E-state index in [-0.39, 0.29) is 12.5 Å². The van der Waals surface area contributed by atoms with Crippen LogP contribution in [-0.4, -0.2) is 32.1 Å².